The first-order valence-corrected chi connectivity index (χ1v) is 13.1. The minimum absolute atomic E-state index is 0.0301. The highest BCUT2D eigenvalue weighted by molar-refractivity contribution is 7.92. The molecule has 0 bridgehead atoms. The zero-order valence-corrected chi connectivity index (χ0v) is 20.9. The number of nitrogens with zero attached hydrogens (tertiary/aromatic N) is 4. The van der Waals surface area contributed by atoms with Gasteiger partial charge in [0.05, 0.1) is 24.6 Å². The SMILES string of the molecule is COc1ncc(-c2ccn3ncc(C#CC4CCCC4C)c3n2)cc1NS(=O)(=O)c1ccc(F)cc1F. The molecule has 5 rings (SSSR count). The summed E-state index contributed by atoms with van der Waals surface area (Å²) < 4.78 is 62.2. The summed E-state index contributed by atoms with van der Waals surface area (Å²) in [6.45, 7) is 2.21. The van der Waals surface area contributed by atoms with E-state index in [0.29, 0.717) is 40.4 Å². The van der Waals surface area contributed by atoms with Crippen molar-refractivity contribution in [3.63, 3.8) is 0 Å². The van der Waals surface area contributed by atoms with Gasteiger partial charge in [0.25, 0.3) is 10.0 Å². The number of nitrogens with one attached hydrogen (secondary N) is 1. The molecule has 0 radical (unpaired) electrons. The summed E-state index contributed by atoms with van der Waals surface area (Å²) in [5.74, 6) is 5.36. The summed E-state index contributed by atoms with van der Waals surface area (Å²) in [5.41, 5.74) is 2.19. The Kier molecular flexibility index (Phi) is 6.52. The van der Waals surface area contributed by atoms with E-state index in [1.165, 1.54) is 32.2 Å². The number of halogens is 2. The Morgan fingerprint density at radius 3 is 2.73 bits per heavy atom. The Balaban J connectivity index is 1.50. The van der Waals surface area contributed by atoms with Crippen molar-refractivity contribution in [1.82, 2.24) is 19.6 Å². The first-order valence-electron chi connectivity index (χ1n) is 11.6. The van der Waals surface area contributed by atoms with Crippen LogP contribution in [0.15, 0.2) is 53.8 Å². The third kappa shape index (κ3) is 4.97. The Hall–Kier alpha value is -4.04. The number of fused-ring (bicyclic) bond motifs is 1. The number of sulfonamides is 1. The maximum Gasteiger partial charge on any atom is 0.264 e. The number of pyridine rings is 1. The van der Waals surface area contributed by atoms with Gasteiger partial charge < -0.3 is 4.74 Å². The van der Waals surface area contributed by atoms with Gasteiger partial charge in [-0.2, -0.15) is 5.10 Å². The molecule has 0 amide bonds. The second-order valence-corrected chi connectivity index (χ2v) is 10.5. The van der Waals surface area contributed by atoms with Gasteiger partial charge in [-0.1, -0.05) is 25.2 Å². The average Bonchev–Trinajstić information content (AvgIpc) is 3.47. The zero-order chi connectivity index (χ0) is 26.2. The predicted molar refractivity (Wildman–Crippen MR) is 133 cm³/mol. The van der Waals surface area contributed by atoms with E-state index in [0.717, 1.165) is 18.6 Å². The van der Waals surface area contributed by atoms with Crippen LogP contribution in [0.2, 0.25) is 0 Å². The van der Waals surface area contributed by atoms with Crippen LogP contribution in [0.5, 0.6) is 5.88 Å². The summed E-state index contributed by atoms with van der Waals surface area (Å²) >= 11 is 0. The van der Waals surface area contributed by atoms with Gasteiger partial charge in [-0.05, 0) is 43.0 Å². The lowest BCUT2D eigenvalue weighted by Crippen LogP contribution is -2.16. The lowest BCUT2D eigenvalue weighted by Gasteiger charge is -2.13. The van der Waals surface area contributed by atoms with Crippen LogP contribution in [0.3, 0.4) is 0 Å². The predicted octanol–water partition coefficient (Wildman–Crippen LogP) is 4.67. The molecule has 8 nitrogen and oxygen atoms in total. The van der Waals surface area contributed by atoms with Gasteiger partial charge in [-0.25, -0.2) is 31.7 Å². The number of methoxy groups -OCH3 is 1. The van der Waals surface area contributed by atoms with Crippen LogP contribution in [0.25, 0.3) is 16.9 Å². The average molecular weight is 524 g/mol. The molecule has 1 fully saturated rings. The van der Waals surface area contributed by atoms with Crippen molar-refractivity contribution in [2.45, 2.75) is 31.1 Å². The van der Waals surface area contributed by atoms with E-state index in [1.807, 2.05) is 0 Å². The molecular weight excluding hydrogens is 500 g/mol. The van der Waals surface area contributed by atoms with Crippen LogP contribution in [0, 0.1) is 35.3 Å². The largest absolute Gasteiger partial charge is 0.480 e. The van der Waals surface area contributed by atoms with Crippen molar-refractivity contribution in [2.75, 3.05) is 11.8 Å². The van der Waals surface area contributed by atoms with Crippen molar-refractivity contribution in [1.29, 1.82) is 0 Å². The van der Waals surface area contributed by atoms with Crippen LogP contribution in [-0.2, 0) is 10.0 Å². The Bertz CT molecular complexity index is 1660. The van der Waals surface area contributed by atoms with Gasteiger partial charge in [0, 0.05) is 29.9 Å². The minimum Gasteiger partial charge on any atom is -0.480 e. The zero-order valence-electron chi connectivity index (χ0n) is 20.1. The van der Waals surface area contributed by atoms with Crippen LogP contribution < -0.4 is 9.46 Å². The Morgan fingerprint density at radius 2 is 2.00 bits per heavy atom. The lowest BCUT2D eigenvalue weighted by atomic mass is 9.99. The summed E-state index contributed by atoms with van der Waals surface area (Å²) in [6, 6.07) is 5.39. The molecule has 0 saturated heterocycles. The van der Waals surface area contributed by atoms with Crippen LogP contribution in [0.4, 0.5) is 14.5 Å². The maximum absolute atomic E-state index is 14.2. The number of aromatic nitrogens is 4. The number of benzene rings is 1. The first kappa shape index (κ1) is 24.6. The topological polar surface area (TPSA) is 98.5 Å². The number of hydrogen-bond donors (Lipinski definition) is 1. The van der Waals surface area contributed by atoms with Crippen molar-refractivity contribution in [2.24, 2.45) is 11.8 Å². The van der Waals surface area contributed by atoms with E-state index < -0.39 is 26.6 Å². The van der Waals surface area contributed by atoms with Crippen LogP contribution in [0.1, 0.15) is 31.7 Å². The molecule has 2 atom stereocenters. The Labute approximate surface area is 212 Å². The molecule has 0 spiro atoms. The van der Waals surface area contributed by atoms with Crippen LogP contribution >= 0.6 is 0 Å². The van der Waals surface area contributed by atoms with E-state index in [1.54, 1.807) is 23.0 Å². The molecule has 3 heterocycles. The molecule has 0 aliphatic heterocycles. The van der Waals surface area contributed by atoms with E-state index in [2.05, 4.69) is 38.6 Å². The minimum atomic E-state index is -4.41. The fourth-order valence-electron chi connectivity index (χ4n) is 4.37. The van der Waals surface area contributed by atoms with Crippen molar-refractivity contribution in [3.05, 3.63) is 66.1 Å². The van der Waals surface area contributed by atoms with Gasteiger partial charge in [-0.15, -0.1) is 0 Å². The highest BCUT2D eigenvalue weighted by Gasteiger charge is 2.23. The third-order valence-corrected chi connectivity index (χ3v) is 7.79. The van der Waals surface area contributed by atoms with Crippen molar-refractivity contribution >= 4 is 21.4 Å². The van der Waals surface area contributed by atoms with E-state index >= 15 is 0 Å². The molecule has 1 aliphatic rings. The van der Waals surface area contributed by atoms with Gasteiger partial charge in [0.2, 0.25) is 5.88 Å². The second kappa shape index (κ2) is 9.78. The molecule has 4 aromatic rings. The molecule has 1 N–H and O–H groups in total. The fraction of sp³-hybridized carbons (Fsp3) is 0.269. The monoisotopic (exact) mass is 523 g/mol. The maximum atomic E-state index is 14.2. The second-order valence-electron chi connectivity index (χ2n) is 8.88. The standard InChI is InChI=1S/C26H23F2N5O3S/c1-16-4-3-5-17(16)6-7-18-15-30-33-11-10-22(31-25(18)33)19-12-23(26(36-2)29-14-19)32-37(34,35)24-9-8-20(27)13-21(24)28/h8-17,32H,3-5H2,1-2H3. The molecular formula is C26H23F2N5O3S. The smallest absolute Gasteiger partial charge is 0.264 e. The molecule has 190 valence electrons. The van der Waals surface area contributed by atoms with E-state index in [-0.39, 0.29) is 11.6 Å². The number of hydrogen-bond acceptors (Lipinski definition) is 6. The van der Waals surface area contributed by atoms with Crippen molar-refractivity contribution in [3.8, 4) is 29.0 Å². The molecule has 3 aromatic heterocycles. The number of ether oxygens (including phenoxy) is 1. The van der Waals surface area contributed by atoms with Gasteiger partial charge in [0.1, 0.15) is 22.2 Å². The summed E-state index contributed by atoms with van der Waals surface area (Å²) in [4.78, 5) is 8.16. The highest BCUT2D eigenvalue weighted by Crippen LogP contribution is 2.32. The van der Waals surface area contributed by atoms with Gasteiger partial charge >= 0.3 is 0 Å². The summed E-state index contributed by atoms with van der Waals surface area (Å²) in [5, 5.41) is 4.32. The van der Waals surface area contributed by atoms with E-state index in [9.17, 15) is 17.2 Å². The molecule has 1 aromatic carbocycles. The lowest BCUT2D eigenvalue weighted by molar-refractivity contribution is 0.400. The molecule has 2 unspecified atom stereocenters. The van der Waals surface area contributed by atoms with Crippen LogP contribution in [-0.4, -0.2) is 35.1 Å². The highest BCUT2D eigenvalue weighted by atomic mass is 32.2. The van der Waals surface area contributed by atoms with Crippen molar-refractivity contribution < 1.29 is 21.9 Å². The summed E-state index contributed by atoms with van der Waals surface area (Å²) in [6.07, 6.45) is 8.33. The molecule has 11 heteroatoms. The molecule has 1 saturated carbocycles. The van der Waals surface area contributed by atoms with Gasteiger partial charge in [0.15, 0.2) is 5.65 Å². The first-order chi connectivity index (χ1) is 17.7. The number of anilines is 1. The molecule has 1 aliphatic carbocycles. The Morgan fingerprint density at radius 1 is 1.16 bits per heavy atom. The third-order valence-electron chi connectivity index (χ3n) is 6.39. The number of rotatable bonds is 5. The quantitative estimate of drug-likeness (QED) is 0.382. The molecule has 37 heavy (non-hydrogen) atoms. The van der Waals surface area contributed by atoms with Gasteiger partial charge in [-0.3, -0.25) is 4.72 Å². The fourth-order valence-corrected chi connectivity index (χ4v) is 5.48. The summed E-state index contributed by atoms with van der Waals surface area (Å²) in [7, 11) is -3.08. The normalized spacial score (nSPS) is 17.4. The van der Waals surface area contributed by atoms with E-state index in [4.69, 9.17) is 4.74 Å².